The van der Waals surface area contributed by atoms with Gasteiger partial charge >= 0.3 is 6.01 Å². The van der Waals surface area contributed by atoms with Crippen molar-refractivity contribution in [3.05, 3.63) is 12.4 Å². The Morgan fingerprint density at radius 2 is 2.44 bits per heavy atom. The number of imidazole rings is 1. The fourth-order valence-corrected chi connectivity index (χ4v) is 1.23. The molecule has 0 radical (unpaired) electrons. The van der Waals surface area contributed by atoms with Crippen molar-refractivity contribution in [2.24, 2.45) is 7.05 Å². The average Bonchev–Trinajstić information content (AvgIpc) is 2.87. The summed E-state index contributed by atoms with van der Waals surface area (Å²) in [6.07, 6.45) is 3.51. The molecule has 0 aliphatic rings. The van der Waals surface area contributed by atoms with Crippen molar-refractivity contribution in [2.45, 2.75) is 0 Å². The van der Waals surface area contributed by atoms with Crippen LogP contribution >= 0.6 is 0 Å². The minimum Gasteiger partial charge on any atom is -0.383 e. The third-order valence-electron chi connectivity index (χ3n) is 2.03. The van der Waals surface area contributed by atoms with E-state index in [1.165, 1.54) is 0 Å². The highest BCUT2D eigenvalue weighted by Gasteiger charge is 2.11. The van der Waals surface area contributed by atoms with Gasteiger partial charge in [0.2, 0.25) is 5.82 Å². The smallest absolute Gasteiger partial charge is 0.321 e. The molecule has 0 saturated heterocycles. The number of ether oxygens (including phenoxy) is 1. The van der Waals surface area contributed by atoms with Crippen LogP contribution < -0.4 is 5.32 Å². The molecule has 0 atom stereocenters. The van der Waals surface area contributed by atoms with Crippen molar-refractivity contribution in [2.75, 3.05) is 25.6 Å². The highest BCUT2D eigenvalue weighted by atomic mass is 16.5. The molecule has 2 aromatic heterocycles. The number of hydrogen-bond donors (Lipinski definition) is 1. The number of methoxy groups -OCH3 is 1. The van der Waals surface area contributed by atoms with Gasteiger partial charge in [0, 0.05) is 33.1 Å². The van der Waals surface area contributed by atoms with Crippen LogP contribution in [0.3, 0.4) is 0 Å². The zero-order chi connectivity index (χ0) is 11.4. The van der Waals surface area contributed by atoms with Crippen molar-refractivity contribution in [3.63, 3.8) is 0 Å². The van der Waals surface area contributed by atoms with Gasteiger partial charge in [-0.2, -0.15) is 4.98 Å². The van der Waals surface area contributed by atoms with Crippen LogP contribution in [0.5, 0.6) is 0 Å². The van der Waals surface area contributed by atoms with Gasteiger partial charge in [0.05, 0.1) is 6.61 Å². The number of aromatic nitrogens is 4. The Morgan fingerprint density at radius 1 is 1.56 bits per heavy atom. The normalized spacial score (nSPS) is 10.6. The fourth-order valence-electron chi connectivity index (χ4n) is 1.23. The summed E-state index contributed by atoms with van der Waals surface area (Å²) in [5, 5.41) is 6.77. The maximum atomic E-state index is 5.01. The van der Waals surface area contributed by atoms with E-state index in [0.29, 0.717) is 30.8 Å². The molecule has 0 aromatic carbocycles. The first-order chi connectivity index (χ1) is 7.81. The summed E-state index contributed by atoms with van der Waals surface area (Å²) in [6.45, 7) is 1.21. The van der Waals surface area contributed by atoms with Gasteiger partial charge < -0.3 is 19.1 Å². The van der Waals surface area contributed by atoms with Crippen LogP contribution in [0.1, 0.15) is 0 Å². The zero-order valence-electron chi connectivity index (χ0n) is 9.17. The lowest BCUT2D eigenvalue weighted by atomic mass is 10.6. The van der Waals surface area contributed by atoms with Gasteiger partial charge in [-0.15, -0.1) is 0 Å². The standard InChI is InChI=1S/C9H13N5O2/c1-14-5-3-10-8(14)7-12-9(16-13-7)11-4-6-15-2/h3,5H,4,6H2,1-2H3,(H,11,12,13). The molecule has 7 nitrogen and oxygen atoms in total. The molecule has 16 heavy (non-hydrogen) atoms. The third kappa shape index (κ3) is 2.19. The molecule has 7 heteroatoms. The van der Waals surface area contributed by atoms with E-state index in [4.69, 9.17) is 9.26 Å². The van der Waals surface area contributed by atoms with E-state index >= 15 is 0 Å². The Bertz CT molecular complexity index is 450. The maximum absolute atomic E-state index is 5.01. The molecule has 86 valence electrons. The Morgan fingerprint density at radius 3 is 3.12 bits per heavy atom. The van der Waals surface area contributed by atoms with Gasteiger partial charge in [-0.05, 0) is 0 Å². The Labute approximate surface area is 92.4 Å². The van der Waals surface area contributed by atoms with Crippen LogP contribution in [0.4, 0.5) is 6.01 Å². The molecular formula is C9H13N5O2. The van der Waals surface area contributed by atoms with Crippen LogP contribution in [0.25, 0.3) is 11.6 Å². The lowest BCUT2D eigenvalue weighted by Gasteiger charge is -1.97. The molecule has 1 N–H and O–H groups in total. The SMILES string of the molecule is COCCNc1nc(-c2nccn2C)no1. The Kier molecular flexibility index (Phi) is 3.16. The van der Waals surface area contributed by atoms with Gasteiger partial charge in [-0.25, -0.2) is 4.98 Å². The van der Waals surface area contributed by atoms with Gasteiger partial charge in [0.15, 0.2) is 5.82 Å². The van der Waals surface area contributed by atoms with Crippen LogP contribution in [-0.4, -0.2) is 40.0 Å². The molecule has 0 aliphatic heterocycles. The van der Waals surface area contributed by atoms with E-state index in [1.807, 2.05) is 17.8 Å². The topological polar surface area (TPSA) is 78.0 Å². The molecule has 2 aromatic rings. The molecule has 2 rings (SSSR count). The summed E-state index contributed by atoms with van der Waals surface area (Å²) < 4.78 is 11.7. The second-order valence-electron chi connectivity index (χ2n) is 3.20. The largest absolute Gasteiger partial charge is 0.383 e. The van der Waals surface area contributed by atoms with E-state index in [0.717, 1.165) is 0 Å². The molecule has 0 amide bonds. The van der Waals surface area contributed by atoms with Gasteiger partial charge in [-0.1, -0.05) is 5.16 Å². The number of anilines is 1. The number of aryl methyl sites for hydroxylation is 1. The predicted molar refractivity (Wildman–Crippen MR) is 56.9 cm³/mol. The highest BCUT2D eigenvalue weighted by molar-refractivity contribution is 5.44. The molecule has 0 fully saturated rings. The summed E-state index contributed by atoms with van der Waals surface area (Å²) in [5.74, 6) is 1.14. The number of nitrogens with one attached hydrogen (secondary N) is 1. The average molecular weight is 223 g/mol. The minimum atomic E-state index is 0.370. The van der Waals surface area contributed by atoms with Crippen LogP contribution in [0.2, 0.25) is 0 Å². The molecule has 0 unspecified atom stereocenters. The highest BCUT2D eigenvalue weighted by Crippen LogP contribution is 2.14. The second-order valence-corrected chi connectivity index (χ2v) is 3.20. The molecular weight excluding hydrogens is 210 g/mol. The van der Waals surface area contributed by atoms with E-state index in [2.05, 4.69) is 20.4 Å². The Hall–Kier alpha value is -1.89. The van der Waals surface area contributed by atoms with Crippen LogP contribution in [0, 0.1) is 0 Å². The lowest BCUT2D eigenvalue weighted by Crippen LogP contribution is -2.07. The minimum absolute atomic E-state index is 0.370. The summed E-state index contributed by atoms with van der Waals surface area (Å²) in [7, 11) is 3.51. The van der Waals surface area contributed by atoms with Crippen molar-refractivity contribution in [3.8, 4) is 11.6 Å². The fraction of sp³-hybridized carbons (Fsp3) is 0.444. The third-order valence-corrected chi connectivity index (χ3v) is 2.03. The second kappa shape index (κ2) is 4.75. The summed E-state index contributed by atoms with van der Waals surface area (Å²) in [4.78, 5) is 8.28. The summed E-state index contributed by atoms with van der Waals surface area (Å²) in [5.41, 5.74) is 0. The van der Waals surface area contributed by atoms with Gasteiger partial charge in [0.1, 0.15) is 0 Å². The first kappa shape index (κ1) is 10.6. The first-order valence-corrected chi connectivity index (χ1v) is 4.85. The lowest BCUT2D eigenvalue weighted by molar-refractivity contribution is 0.210. The first-order valence-electron chi connectivity index (χ1n) is 4.85. The maximum Gasteiger partial charge on any atom is 0.321 e. The molecule has 0 bridgehead atoms. The van der Waals surface area contributed by atoms with E-state index in [-0.39, 0.29) is 0 Å². The monoisotopic (exact) mass is 223 g/mol. The van der Waals surface area contributed by atoms with Crippen molar-refractivity contribution < 1.29 is 9.26 Å². The molecule has 0 spiro atoms. The van der Waals surface area contributed by atoms with Crippen molar-refractivity contribution in [1.29, 1.82) is 0 Å². The summed E-state index contributed by atoms with van der Waals surface area (Å²) >= 11 is 0. The zero-order valence-corrected chi connectivity index (χ0v) is 9.17. The predicted octanol–water partition coefficient (Wildman–Crippen LogP) is 0.528. The number of rotatable bonds is 5. The number of nitrogens with zero attached hydrogens (tertiary/aromatic N) is 4. The number of hydrogen-bond acceptors (Lipinski definition) is 6. The van der Waals surface area contributed by atoms with Crippen molar-refractivity contribution in [1.82, 2.24) is 19.7 Å². The molecule has 0 saturated carbocycles. The Balaban J connectivity index is 2.05. The summed E-state index contributed by atoms with van der Waals surface area (Å²) in [6, 6.07) is 0.370. The van der Waals surface area contributed by atoms with Gasteiger partial charge in [-0.3, -0.25) is 0 Å². The van der Waals surface area contributed by atoms with Crippen molar-refractivity contribution >= 4 is 6.01 Å². The van der Waals surface area contributed by atoms with E-state index in [9.17, 15) is 0 Å². The molecule has 2 heterocycles. The van der Waals surface area contributed by atoms with Crippen LogP contribution in [-0.2, 0) is 11.8 Å². The van der Waals surface area contributed by atoms with E-state index < -0.39 is 0 Å². The molecule has 0 aliphatic carbocycles. The van der Waals surface area contributed by atoms with Crippen LogP contribution in [0.15, 0.2) is 16.9 Å². The van der Waals surface area contributed by atoms with E-state index in [1.54, 1.807) is 13.3 Å². The van der Waals surface area contributed by atoms with Gasteiger partial charge in [0.25, 0.3) is 0 Å². The quantitative estimate of drug-likeness (QED) is 0.745.